The van der Waals surface area contributed by atoms with Gasteiger partial charge in [0.1, 0.15) is 11.8 Å². The van der Waals surface area contributed by atoms with Gasteiger partial charge in [0.2, 0.25) is 0 Å². The predicted molar refractivity (Wildman–Crippen MR) is 113 cm³/mol. The topological polar surface area (TPSA) is 84.8 Å². The first kappa shape index (κ1) is 19.5. The van der Waals surface area contributed by atoms with E-state index in [0.717, 1.165) is 41.7 Å². The standard InChI is InChI=1S/C22H29N5O2/c1-13(2)25-22(28)29-18-6-5-15(10-18)17-9-16-11-19(26-21(16)23-12-17)20-7-8-24-27(20)14(3)4/h7-9,11-15,18H,5-6,10H2,1-4H3,(H,23,26)(H,25,28)/t15-,18+/m0/s1. The van der Waals surface area contributed by atoms with Gasteiger partial charge in [-0.1, -0.05) is 0 Å². The van der Waals surface area contributed by atoms with Crippen molar-refractivity contribution in [3.63, 3.8) is 0 Å². The molecule has 0 radical (unpaired) electrons. The summed E-state index contributed by atoms with van der Waals surface area (Å²) in [5.74, 6) is 0.364. The highest BCUT2D eigenvalue weighted by Gasteiger charge is 2.29. The minimum Gasteiger partial charge on any atom is -0.446 e. The molecule has 3 heterocycles. The van der Waals surface area contributed by atoms with E-state index < -0.39 is 0 Å². The summed E-state index contributed by atoms with van der Waals surface area (Å²) in [6.07, 6.45) is 6.16. The Balaban J connectivity index is 1.50. The van der Waals surface area contributed by atoms with Crippen molar-refractivity contribution in [2.75, 3.05) is 0 Å². The molecular formula is C22H29N5O2. The Morgan fingerprint density at radius 2 is 2.10 bits per heavy atom. The first-order valence-electron chi connectivity index (χ1n) is 10.4. The molecule has 3 aromatic rings. The van der Waals surface area contributed by atoms with Crippen molar-refractivity contribution in [1.82, 2.24) is 25.1 Å². The molecule has 0 spiro atoms. The summed E-state index contributed by atoms with van der Waals surface area (Å²) in [4.78, 5) is 19.9. The fraction of sp³-hybridized carbons (Fsp3) is 0.500. The maximum atomic E-state index is 11.9. The van der Waals surface area contributed by atoms with Crippen LogP contribution in [-0.2, 0) is 4.74 Å². The van der Waals surface area contributed by atoms with Gasteiger partial charge in [-0.05, 0) is 76.6 Å². The van der Waals surface area contributed by atoms with E-state index in [1.165, 1.54) is 5.56 Å². The molecule has 1 saturated carbocycles. The number of nitrogens with zero attached hydrogens (tertiary/aromatic N) is 3. The lowest BCUT2D eigenvalue weighted by Gasteiger charge is -2.15. The minimum absolute atomic E-state index is 0.0309. The van der Waals surface area contributed by atoms with Gasteiger partial charge >= 0.3 is 6.09 Å². The van der Waals surface area contributed by atoms with Crippen LogP contribution in [0.1, 0.15) is 64.5 Å². The number of aromatic amines is 1. The number of hydrogen-bond acceptors (Lipinski definition) is 4. The van der Waals surface area contributed by atoms with Crippen molar-refractivity contribution < 1.29 is 9.53 Å². The molecule has 7 heteroatoms. The largest absolute Gasteiger partial charge is 0.446 e. The van der Waals surface area contributed by atoms with E-state index in [0.29, 0.717) is 12.0 Å². The van der Waals surface area contributed by atoms with Gasteiger partial charge < -0.3 is 15.0 Å². The summed E-state index contributed by atoms with van der Waals surface area (Å²) in [6, 6.07) is 6.74. The first-order chi connectivity index (χ1) is 13.9. The number of hydrogen-bond donors (Lipinski definition) is 2. The molecule has 1 aliphatic rings. The third-order valence-corrected chi connectivity index (χ3v) is 5.46. The second-order valence-electron chi connectivity index (χ2n) is 8.48. The molecule has 3 aromatic heterocycles. The number of nitrogens with one attached hydrogen (secondary N) is 2. The van der Waals surface area contributed by atoms with Crippen molar-refractivity contribution in [1.29, 1.82) is 0 Å². The van der Waals surface area contributed by atoms with Crippen molar-refractivity contribution in [3.05, 3.63) is 36.2 Å². The summed E-state index contributed by atoms with van der Waals surface area (Å²) in [5.41, 5.74) is 4.16. The maximum absolute atomic E-state index is 11.9. The van der Waals surface area contributed by atoms with Crippen LogP contribution in [0, 0.1) is 0 Å². The normalized spacial score (nSPS) is 19.4. The number of aromatic nitrogens is 4. The predicted octanol–water partition coefficient (Wildman–Crippen LogP) is 4.78. The molecular weight excluding hydrogens is 366 g/mol. The number of alkyl carbamates (subject to hydrolysis) is 1. The monoisotopic (exact) mass is 395 g/mol. The Bertz CT molecular complexity index is 1000. The number of H-pyrrole nitrogens is 1. The highest BCUT2D eigenvalue weighted by Crippen LogP contribution is 2.37. The van der Waals surface area contributed by atoms with Gasteiger partial charge in [0, 0.05) is 29.9 Å². The van der Waals surface area contributed by atoms with Gasteiger partial charge in [-0.25, -0.2) is 9.78 Å². The lowest BCUT2D eigenvalue weighted by molar-refractivity contribution is 0.0982. The maximum Gasteiger partial charge on any atom is 0.407 e. The van der Waals surface area contributed by atoms with E-state index in [2.05, 4.69) is 46.4 Å². The number of carbonyl (C=O) groups is 1. The van der Waals surface area contributed by atoms with Gasteiger partial charge in [-0.3, -0.25) is 4.68 Å². The van der Waals surface area contributed by atoms with E-state index in [-0.39, 0.29) is 18.2 Å². The number of fused-ring (bicyclic) bond motifs is 1. The van der Waals surface area contributed by atoms with Crippen molar-refractivity contribution in [3.8, 4) is 11.4 Å². The summed E-state index contributed by atoms with van der Waals surface area (Å²) in [6.45, 7) is 8.10. The number of rotatable bonds is 5. The molecule has 1 fully saturated rings. The van der Waals surface area contributed by atoms with Crippen LogP contribution in [0.3, 0.4) is 0 Å². The van der Waals surface area contributed by atoms with Crippen molar-refractivity contribution in [2.45, 2.75) is 71.1 Å². The molecule has 0 saturated heterocycles. The van der Waals surface area contributed by atoms with Crippen LogP contribution >= 0.6 is 0 Å². The Labute approximate surface area is 170 Å². The van der Waals surface area contributed by atoms with E-state index in [1.54, 1.807) is 0 Å². The molecule has 29 heavy (non-hydrogen) atoms. The third-order valence-electron chi connectivity index (χ3n) is 5.46. The molecule has 0 unspecified atom stereocenters. The molecule has 0 aromatic carbocycles. The zero-order valence-corrected chi connectivity index (χ0v) is 17.5. The van der Waals surface area contributed by atoms with E-state index >= 15 is 0 Å². The van der Waals surface area contributed by atoms with E-state index in [4.69, 9.17) is 4.74 Å². The Morgan fingerprint density at radius 1 is 1.28 bits per heavy atom. The van der Waals surface area contributed by atoms with E-state index in [9.17, 15) is 4.79 Å². The molecule has 0 bridgehead atoms. The fourth-order valence-electron chi connectivity index (χ4n) is 4.10. The zero-order chi connectivity index (χ0) is 20.5. The molecule has 4 rings (SSSR count). The lowest BCUT2D eigenvalue weighted by Crippen LogP contribution is -2.33. The van der Waals surface area contributed by atoms with Crippen LogP contribution in [-0.4, -0.2) is 38.0 Å². The number of amides is 1. The molecule has 154 valence electrons. The molecule has 1 amide bonds. The summed E-state index contributed by atoms with van der Waals surface area (Å²) in [7, 11) is 0. The third kappa shape index (κ3) is 4.13. The molecule has 1 aliphatic carbocycles. The van der Waals surface area contributed by atoms with Gasteiger partial charge in [0.25, 0.3) is 0 Å². The Kier molecular flexibility index (Phi) is 5.30. The van der Waals surface area contributed by atoms with Crippen LogP contribution < -0.4 is 5.32 Å². The smallest absolute Gasteiger partial charge is 0.407 e. The number of pyridine rings is 1. The lowest BCUT2D eigenvalue weighted by atomic mass is 9.98. The SMILES string of the molecule is CC(C)NC(=O)O[C@@H]1CC[C@H](c2cnc3[nH]c(-c4ccnn4C(C)C)cc3c2)C1. The minimum atomic E-state index is -0.323. The molecule has 2 N–H and O–H groups in total. The van der Waals surface area contributed by atoms with Crippen molar-refractivity contribution in [2.24, 2.45) is 0 Å². The van der Waals surface area contributed by atoms with Crippen molar-refractivity contribution >= 4 is 17.1 Å². The Hall–Kier alpha value is -2.83. The van der Waals surface area contributed by atoms with Crippen LogP contribution in [0.4, 0.5) is 4.79 Å². The van der Waals surface area contributed by atoms with Gasteiger partial charge in [-0.2, -0.15) is 5.10 Å². The zero-order valence-electron chi connectivity index (χ0n) is 17.5. The highest BCUT2D eigenvalue weighted by atomic mass is 16.6. The second-order valence-corrected chi connectivity index (χ2v) is 8.48. The number of carbonyl (C=O) groups excluding carboxylic acids is 1. The average Bonchev–Trinajstić information content (AvgIpc) is 3.38. The first-order valence-corrected chi connectivity index (χ1v) is 10.4. The summed E-state index contributed by atoms with van der Waals surface area (Å²) >= 11 is 0. The highest BCUT2D eigenvalue weighted by molar-refractivity contribution is 5.82. The van der Waals surface area contributed by atoms with Crippen LogP contribution in [0.2, 0.25) is 0 Å². The number of ether oxygens (including phenoxy) is 1. The van der Waals surface area contributed by atoms with E-state index in [1.807, 2.05) is 37.0 Å². The fourth-order valence-corrected chi connectivity index (χ4v) is 4.10. The van der Waals surface area contributed by atoms with Crippen LogP contribution in [0.5, 0.6) is 0 Å². The average molecular weight is 396 g/mol. The van der Waals surface area contributed by atoms with Gasteiger partial charge in [0.15, 0.2) is 0 Å². The van der Waals surface area contributed by atoms with Gasteiger partial charge in [-0.15, -0.1) is 0 Å². The Morgan fingerprint density at radius 3 is 2.86 bits per heavy atom. The molecule has 7 nitrogen and oxygen atoms in total. The summed E-state index contributed by atoms with van der Waals surface area (Å²) in [5, 5.41) is 8.31. The van der Waals surface area contributed by atoms with Crippen LogP contribution in [0.25, 0.3) is 22.4 Å². The molecule has 0 aliphatic heterocycles. The summed E-state index contributed by atoms with van der Waals surface area (Å²) < 4.78 is 7.57. The molecule has 2 atom stereocenters. The van der Waals surface area contributed by atoms with Gasteiger partial charge in [0.05, 0.1) is 11.4 Å². The van der Waals surface area contributed by atoms with Crippen LogP contribution in [0.15, 0.2) is 30.6 Å². The quantitative estimate of drug-likeness (QED) is 0.651. The second kappa shape index (κ2) is 7.89.